The number of benzene rings is 1. The normalized spacial score (nSPS) is 10.3. The smallest absolute Gasteiger partial charge is 0.249 e. The molecule has 0 fully saturated rings. The summed E-state index contributed by atoms with van der Waals surface area (Å²) < 4.78 is 1.01. The van der Waals surface area contributed by atoms with Crippen molar-refractivity contribution in [2.45, 2.75) is 19.8 Å². The van der Waals surface area contributed by atoms with Gasteiger partial charge >= 0.3 is 0 Å². The lowest BCUT2D eigenvalue weighted by atomic mass is 10.3. The quantitative estimate of drug-likeness (QED) is 0.873. The highest BCUT2D eigenvalue weighted by Gasteiger charge is 2.05. The summed E-state index contributed by atoms with van der Waals surface area (Å²) in [5, 5.41) is 11.2. The van der Waals surface area contributed by atoms with Crippen LogP contribution in [-0.2, 0) is 0 Å². The Kier molecular flexibility index (Phi) is 5.29. The van der Waals surface area contributed by atoms with Crippen molar-refractivity contribution in [2.75, 3.05) is 23.8 Å². The maximum atomic E-state index is 4.48. The number of hydrogen-bond acceptors (Lipinski definition) is 5. The van der Waals surface area contributed by atoms with E-state index >= 15 is 0 Å². The highest BCUT2D eigenvalue weighted by atomic mass is 79.9. The number of aromatic nitrogens is 3. The van der Waals surface area contributed by atoms with Crippen LogP contribution in [0.4, 0.5) is 17.5 Å². The summed E-state index contributed by atoms with van der Waals surface area (Å²) in [6, 6.07) is 7.86. The van der Waals surface area contributed by atoms with Crippen LogP contribution in [-0.4, -0.2) is 28.8 Å². The number of rotatable bonds is 6. The van der Waals surface area contributed by atoms with Gasteiger partial charge in [0, 0.05) is 23.8 Å². The van der Waals surface area contributed by atoms with Crippen LogP contribution in [0.25, 0.3) is 0 Å². The van der Waals surface area contributed by atoms with Crippen molar-refractivity contribution in [1.82, 2.24) is 15.2 Å². The Hall–Kier alpha value is -1.69. The topological polar surface area (TPSA) is 53.9 Å². The number of nitrogens with zero attached hydrogens (tertiary/aromatic N) is 4. The number of unbranched alkanes of at least 4 members (excludes halogenated alkanes) is 1. The molecule has 0 unspecified atom stereocenters. The molecular formula is C14H18BrN5. The second-order valence-corrected chi connectivity index (χ2v) is 5.46. The van der Waals surface area contributed by atoms with Gasteiger partial charge in [-0.15, -0.1) is 5.10 Å². The van der Waals surface area contributed by atoms with Crippen molar-refractivity contribution < 1.29 is 0 Å². The van der Waals surface area contributed by atoms with Gasteiger partial charge in [0.2, 0.25) is 5.95 Å². The second kappa shape index (κ2) is 7.19. The number of hydrogen-bond donors (Lipinski definition) is 1. The molecule has 0 radical (unpaired) electrons. The third kappa shape index (κ3) is 4.16. The van der Waals surface area contributed by atoms with Gasteiger partial charge in [-0.3, -0.25) is 0 Å². The van der Waals surface area contributed by atoms with Gasteiger partial charge in [-0.25, -0.2) is 0 Å². The SMILES string of the molecule is CCCCN(C)c1cnnc(Nc2cccc(Br)c2)n1. The fourth-order valence-electron chi connectivity index (χ4n) is 1.74. The van der Waals surface area contributed by atoms with Crippen molar-refractivity contribution in [2.24, 2.45) is 0 Å². The van der Waals surface area contributed by atoms with Crippen molar-refractivity contribution in [3.05, 3.63) is 34.9 Å². The molecule has 0 bridgehead atoms. The summed E-state index contributed by atoms with van der Waals surface area (Å²) in [7, 11) is 2.02. The van der Waals surface area contributed by atoms with Crippen LogP contribution in [0.1, 0.15) is 19.8 Å². The molecule has 2 aromatic rings. The molecule has 0 aliphatic heterocycles. The van der Waals surface area contributed by atoms with Crippen LogP contribution >= 0.6 is 15.9 Å². The first kappa shape index (κ1) is 14.7. The Labute approximate surface area is 127 Å². The minimum atomic E-state index is 0.504. The number of halogens is 1. The van der Waals surface area contributed by atoms with E-state index in [-0.39, 0.29) is 0 Å². The molecule has 6 heteroatoms. The molecule has 20 heavy (non-hydrogen) atoms. The molecule has 0 saturated carbocycles. The summed E-state index contributed by atoms with van der Waals surface area (Å²) in [6.45, 7) is 3.14. The summed E-state index contributed by atoms with van der Waals surface area (Å²) in [6.07, 6.45) is 3.97. The summed E-state index contributed by atoms with van der Waals surface area (Å²) in [5.41, 5.74) is 0.925. The van der Waals surface area contributed by atoms with E-state index in [1.165, 1.54) is 0 Å². The highest BCUT2D eigenvalue weighted by Crippen LogP contribution is 2.19. The summed E-state index contributed by atoms with van der Waals surface area (Å²) >= 11 is 3.44. The van der Waals surface area contributed by atoms with E-state index in [1.807, 2.05) is 31.3 Å². The molecule has 5 nitrogen and oxygen atoms in total. The Morgan fingerprint density at radius 1 is 1.35 bits per heavy atom. The standard InChI is InChI=1S/C14H18BrN5/c1-3-4-8-20(2)13-10-16-19-14(18-13)17-12-7-5-6-11(15)9-12/h5-7,9-10H,3-4,8H2,1-2H3,(H,17,18,19). The Bertz CT molecular complexity index is 561. The minimum Gasteiger partial charge on any atom is -0.358 e. The first-order valence-corrected chi connectivity index (χ1v) is 7.42. The van der Waals surface area contributed by atoms with Gasteiger partial charge in [-0.05, 0) is 24.6 Å². The lowest BCUT2D eigenvalue weighted by Gasteiger charge is -2.17. The second-order valence-electron chi connectivity index (χ2n) is 4.55. The van der Waals surface area contributed by atoms with Crippen LogP contribution < -0.4 is 10.2 Å². The van der Waals surface area contributed by atoms with E-state index in [9.17, 15) is 0 Å². The van der Waals surface area contributed by atoms with Crippen LogP contribution in [0.15, 0.2) is 34.9 Å². The van der Waals surface area contributed by atoms with E-state index in [0.29, 0.717) is 5.95 Å². The lowest BCUT2D eigenvalue weighted by molar-refractivity contribution is 0.754. The average Bonchev–Trinajstić information content (AvgIpc) is 2.45. The van der Waals surface area contributed by atoms with Crippen molar-refractivity contribution in [3.8, 4) is 0 Å². The third-order valence-electron chi connectivity index (χ3n) is 2.87. The molecule has 106 valence electrons. The van der Waals surface area contributed by atoms with Crippen molar-refractivity contribution >= 4 is 33.4 Å². The monoisotopic (exact) mass is 335 g/mol. The zero-order chi connectivity index (χ0) is 14.4. The molecule has 2 rings (SSSR count). The van der Waals surface area contributed by atoms with Gasteiger partial charge in [0.25, 0.3) is 0 Å². The molecule has 1 N–H and O–H groups in total. The fraction of sp³-hybridized carbons (Fsp3) is 0.357. The zero-order valence-corrected chi connectivity index (χ0v) is 13.3. The predicted molar refractivity (Wildman–Crippen MR) is 85.4 cm³/mol. The maximum Gasteiger partial charge on any atom is 0.249 e. The highest BCUT2D eigenvalue weighted by molar-refractivity contribution is 9.10. The minimum absolute atomic E-state index is 0.504. The Morgan fingerprint density at radius 2 is 2.20 bits per heavy atom. The van der Waals surface area contributed by atoms with Gasteiger partial charge in [0.05, 0.1) is 6.20 Å². The fourth-order valence-corrected chi connectivity index (χ4v) is 2.14. The van der Waals surface area contributed by atoms with E-state index in [0.717, 1.165) is 35.4 Å². The lowest BCUT2D eigenvalue weighted by Crippen LogP contribution is -2.20. The van der Waals surface area contributed by atoms with Gasteiger partial charge in [-0.1, -0.05) is 35.3 Å². The van der Waals surface area contributed by atoms with Gasteiger partial charge in [-0.2, -0.15) is 10.1 Å². The van der Waals surface area contributed by atoms with Crippen molar-refractivity contribution in [3.63, 3.8) is 0 Å². The first-order chi connectivity index (χ1) is 9.69. The molecule has 0 atom stereocenters. The molecular weight excluding hydrogens is 318 g/mol. The molecule has 0 spiro atoms. The zero-order valence-electron chi connectivity index (χ0n) is 11.7. The third-order valence-corrected chi connectivity index (χ3v) is 3.36. The molecule has 0 aliphatic carbocycles. The average molecular weight is 336 g/mol. The molecule has 1 heterocycles. The molecule has 1 aromatic carbocycles. The van der Waals surface area contributed by atoms with Gasteiger partial charge < -0.3 is 10.2 Å². The van der Waals surface area contributed by atoms with E-state index in [1.54, 1.807) is 6.20 Å². The van der Waals surface area contributed by atoms with Crippen LogP contribution in [0.5, 0.6) is 0 Å². The Balaban J connectivity index is 2.09. The molecule has 0 amide bonds. The van der Waals surface area contributed by atoms with Crippen LogP contribution in [0, 0.1) is 0 Å². The van der Waals surface area contributed by atoms with Crippen molar-refractivity contribution in [1.29, 1.82) is 0 Å². The van der Waals surface area contributed by atoms with E-state index in [2.05, 4.69) is 48.3 Å². The summed E-state index contributed by atoms with van der Waals surface area (Å²) in [5.74, 6) is 1.33. The Morgan fingerprint density at radius 3 is 2.95 bits per heavy atom. The van der Waals surface area contributed by atoms with E-state index < -0.39 is 0 Å². The van der Waals surface area contributed by atoms with Gasteiger partial charge in [0.15, 0.2) is 5.82 Å². The van der Waals surface area contributed by atoms with Crippen LogP contribution in [0.3, 0.4) is 0 Å². The largest absolute Gasteiger partial charge is 0.358 e. The predicted octanol–water partition coefficient (Wildman–Crippen LogP) is 3.61. The molecule has 0 saturated heterocycles. The maximum absolute atomic E-state index is 4.48. The number of anilines is 3. The summed E-state index contributed by atoms with van der Waals surface area (Å²) in [4.78, 5) is 6.56. The first-order valence-electron chi connectivity index (χ1n) is 6.62. The van der Waals surface area contributed by atoms with Gasteiger partial charge in [0.1, 0.15) is 0 Å². The molecule has 0 aliphatic rings. The van der Waals surface area contributed by atoms with E-state index in [4.69, 9.17) is 0 Å². The number of nitrogens with one attached hydrogen (secondary N) is 1. The molecule has 1 aromatic heterocycles. The van der Waals surface area contributed by atoms with Crippen LogP contribution in [0.2, 0.25) is 0 Å².